The fourth-order valence-electron chi connectivity index (χ4n) is 2.25. The Labute approximate surface area is 107 Å². The van der Waals surface area contributed by atoms with E-state index in [1.165, 1.54) is 0 Å². The molecule has 1 saturated heterocycles. The average Bonchev–Trinajstić information content (AvgIpc) is 2.64. The lowest BCUT2D eigenvalue weighted by atomic mass is 10.1. The molecule has 0 saturated carbocycles. The van der Waals surface area contributed by atoms with Crippen LogP contribution in [0.4, 0.5) is 0 Å². The first-order chi connectivity index (χ1) is 8.78. The third-order valence-corrected chi connectivity index (χ3v) is 3.32. The average molecular weight is 250 g/mol. The highest BCUT2D eigenvalue weighted by molar-refractivity contribution is 5.44. The Morgan fingerprint density at radius 1 is 0.889 bits per heavy atom. The minimum Gasteiger partial charge on any atom is -0.490 e. The Kier molecular flexibility index (Phi) is 3.14. The van der Waals surface area contributed by atoms with Gasteiger partial charge in [0, 0.05) is 12.0 Å². The molecule has 0 N–H and O–H groups in total. The molecule has 0 spiro atoms. The van der Waals surface area contributed by atoms with Crippen molar-refractivity contribution in [1.82, 2.24) is 0 Å². The highest BCUT2D eigenvalue weighted by atomic mass is 16.7. The Hall–Kier alpha value is -1.26. The van der Waals surface area contributed by atoms with Crippen molar-refractivity contribution in [2.75, 3.05) is 26.4 Å². The standard InChI is InChI=1S/C14H18O4/c1-14(17-8-3-9-18-14)11-4-5-12-13(10-11)16-7-2-6-15-12/h4-5,10H,2-3,6-9H2,1H3. The van der Waals surface area contributed by atoms with E-state index in [2.05, 4.69) is 0 Å². The van der Waals surface area contributed by atoms with Crippen LogP contribution in [0, 0.1) is 0 Å². The third-order valence-electron chi connectivity index (χ3n) is 3.32. The summed E-state index contributed by atoms with van der Waals surface area (Å²) in [5, 5.41) is 0. The lowest BCUT2D eigenvalue weighted by molar-refractivity contribution is -0.264. The maximum atomic E-state index is 5.76. The number of ether oxygens (including phenoxy) is 4. The summed E-state index contributed by atoms with van der Waals surface area (Å²) >= 11 is 0. The molecule has 1 aromatic rings. The van der Waals surface area contributed by atoms with Gasteiger partial charge in [0.15, 0.2) is 17.3 Å². The van der Waals surface area contributed by atoms with Crippen LogP contribution in [0.3, 0.4) is 0 Å². The molecule has 0 atom stereocenters. The van der Waals surface area contributed by atoms with Crippen LogP contribution in [0.15, 0.2) is 18.2 Å². The molecule has 2 aliphatic heterocycles. The van der Waals surface area contributed by atoms with Crippen molar-refractivity contribution < 1.29 is 18.9 Å². The van der Waals surface area contributed by atoms with Gasteiger partial charge in [-0.25, -0.2) is 0 Å². The van der Waals surface area contributed by atoms with Crippen molar-refractivity contribution in [2.24, 2.45) is 0 Å². The topological polar surface area (TPSA) is 36.9 Å². The summed E-state index contributed by atoms with van der Waals surface area (Å²) in [5.41, 5.74) is 0.978. The molecule has 2 aliphatic rings. The largest absolute Gasteiger partial charge is 0.490 e. The van der Waals surface area contributed by atoms with Crippen molar-refractivity contribution in [3.05, 3.63) is 23.8 Å². The second kappa shape index (κ2) is 4.78. The van der Waals surface area contributed by atoms with Crippen molar-refractivity contribution in [1.29, 1.82) is 0 Å². The van der Waals surface area contributed by atoms with Gasteiger partial charge < -0.3 is 18.9 Å². The van der Waals surface area contributed by atoms with Gasteiger partial charge in [0.2, 0.25) is 0 Å². The van der Waals surface area contributed by atoms with Crippen LogP contribution < -0.4 is 9.47 Å². The van der Waals surface area contributed by atoms with Crippen LogP contribution in [0.1, 0.15) is 25.3 Å². The number of benzene rings is 1. The molecular weight excluding hydrogens is 232 g/mol. The Morgan fingerprint density at radius 3 is 2.33 bits per heavy atom. The van der Waals surface area contributed by atoms with Crippen LogP contribution in [-0.4, -0.2) is 26.4 Å². The van der Waals surface area contributed by atoms with Gasteiger partial charge >= 0.3 is 0 Å². The van der Waals surface area contributed by atoms with Crippen molar-refractivity contribution in [2.45, 2.75) is 25.6 Å². The highest BCUT2D eigenvalue weighted by Crippen LogP contribution is 2.37. The first kappa shape index (κ1) is 11.8. The fraction of sp³-hybridized carbons (Fsp3) is 0.571. The monoisotopic (exact) mass is 250 g/mol. The second-order valence-corrected chi connectivity index (χ2v) is 4.71. The molecule has 1 fully saturated rings. The van der Waals surface area contributed by atoms with Gasteiger partial charge in [-0.15, -0.1) is 0 Å². The summed E-state index contributed by atoms with van der Waals surface area (Å²) in [5.74, 6) is 0.919. The minimum absolute atomic E-state index is 0.664. The number of hydrogen-bond donors (Lipinski definition) is 0. The number of fused-ring (bicyclic) bond motifs is 1. The molecule has 18 heavy (non-hydrogen) atoms. The number of hydrogen-bond acceptors (Lipinski definition) is 4. The van der Waals surface area contributed by atoms with Crippen LogP contribution >= 0.6 is 0 Å². The summed E-state index contributed by atoms with van der Waals surface area (Å²) in [6.45, 7) is 4.80. The number of rotatable bonds is 1. The molecule has 0 aromatic heterocycles. The zero-order valence-corrected chi connectivity index (χ0v) is 10.6. The lowest BCUT2D eigenvalue weighted by Gasteiger charge is -2.34. The minimum atomic E-state index is -0.664. The van der Waals surface area contributed by atoms with Gasteiger partial charge in [-0.1, -0.05) is 0 Å². The normalized spacial score (nSPS) is 22.3. The fourth-order valence-corrected chi connectivity index (χ4v) is 2.25. The third kappa shape index (κ3) is 2.18. The Bertz CT molecular complexity index is 424. The van der Waals surface area contributed by atoms with E-state index >= 15 is 0 Å². The summed E-state index contributed by atoms with van der Waals surface area (Å²) < 4.78 is 22.8. The van der Waals surface area contributed by atoms with E-state index < -0.39 is 5.79 Å². The van der Waals surface area contributed by atoms with Gasteiger partial charge in [-0.3, -0.25) is 0 Å². The first-order valence-corrected chi connectivity index (χ1v) is 6.46. The van der Waals surface area contributed by atoms with E-state index in [1.54, 1.807) is 0 Å². The van der Waals surface area contributed by atoms with E-state index in [-0.39, 0.29) is 0 Å². The molecular formula is C14H18O4. The van der Waals surface area contributed by atoms with E-state index in [0.29, 0.717) is 13.2 Å². The molecule has 0 unspecified atom stereocenters. The van der Waals surface area contributed by atoms with Crippen LogP contribution in [-0.2, 0) is 15.3 Å². The summed E-state index contributed by atoms with van der Waals surface area (Å²) in [6, 6.07) is 5.88. The van der Waals surface area contributed by atoms with Gasteiger partial charge in [0.1, 0.15) is 0 Å². The van der Waals surface area contributed by atoms with E-state index in [1.807, 2.05) is 25.1 Å². The predicted octanol–water partition coefficient (Wildman–Crippen LogP) is 2.46. The smallest absolute Gasteiger partial charge is 0.192 e. The summed E-state index contributed by atoms with van der Waals surface area (Å²) in [7, 11) is 0. The SMILES string of the molecule is CC1(c2ccc3c(c2)OCCCO3)OCCCO1. The second-order valence-electron chi connectivity index (χ2n) is 4.71. The quantitative estimate of drug-likeness (QED) is 0.767. The first-order valence-electron chi connectivity index (χ1n) is 6.46. The molecule has 3 rings (SSSR count). The van der Waals surface area contributed by atoms with E-state index in [4.69, 9.17) is 18.9 Å². The van der Waals surface area contributed by atoms with Gasteiger partial charge in [0.05, 0.1) is 26.4 Å². The molecule has 0 bridgehead atoms. The Balaban J connectivity index is 1.91. The molecule has 4 heteroatoms. The molecule has 1 aromatic carbocycles. The van der Waals surface area contributed by atoms with Crippen LogP contribution in [0.2, 0.25) is 0 Å². The van der Waals surface area contributed by atoms with Crippen molar-refractivity contribution >= 4 is 0 Å². The maximum absolute atomic E-state index is 5.76. The maximum Gasteiger partial charge on any atom is 0.192 e. The molecule has 98 valence electrons. The van der Waals surface area contributed by atoms with Crippen molar-refractivity contribution in [3.8, 4) is 11.5 Å². The summed E-state index contributed by atoms with van der Waals surface area (Å²) in [4.78, 5) is 0. The predicted molar refractivity (Wildman–Crippen MR) is 65.9 cm³/mol. The van der Waals surface area contributed by atoms with E-state index in [0.717, 1.165) is 43.1 Å². The Morgan fingerprint density at radius 2 is 1.56 bits per heavy atom. The zero-order valence-electron chi connectivity index (χ0n) is 10.6. The van der Waals surface area contributed by atoms with Crippen LogP contribution in [0.25, 0.3) is 0 Å². The molecule has 2 heterocycles. The van der Waals surface area contributed by atoms with Gasteiger partial charge in [-0.05, 0) is 31.5 Å². The molecule has 0 aliphatic carbocycles. The highest BCUT2D eigenvalue weighted by Gasteiger charge is 2.32. The molecule has 4 nitrogen and oxygen atoms in total. The van der Waals surface area contributed by atoms with Gasteiger partial charge in [0.25, 0.3) is 0 Å². The van der Waals surface area contributed by atoms with Crippen molar-refractivity contribution in [3.63, 3.8) is 0 Å². The van der Waals surface area contributed by atoms with Gasteiger partial charge in [-0.2, -0.15) is 0 Å². The zero-order chi connectivity index (χ0) is 12.4. The van der Waals surface area contributed by atoms with Crippen LogP contribution in [0.5, 0.6) is 11.5 Å². The molecule has 0 amide bonds. The molecule has 0 radical (unpaired) electrons. The van der Waals surface area contributed by atoms with E-state index in [9.17, 15) is 0 Å². The summed E-state index contributed by atoms with van der Waals surface area (Å²) in [6.07, 6.45) is 1.86. The lowest BCUT2D eigenvalue weighted by Crippen LogP contribution is -2.34.